The molecule has 0 aliphatic heterocycles. The lowest BCUT2D eigenvalue weighted by molar-refractivity contribution is -0.686. The third kappa shape index (κ3) is 4.60. The van der Waals surface area contributed by atoms with Gasteiger partial charge in [0.25, 0.3) is 0 Å². The Morgan fingerprint density at radius 3 is 2.00 bits per heavy atom. The number of quaternary nitrogens is 1. The molecule has 0 bridgehead atoms. The highest BCUT2D eigenvalue weighted by Gasteiger charge is 2.06. The molecule has 0 aliphatic carbocycles. The van der Waals surface area contributed by atoms with Gasteiger partial charge in [0.15, 0.2) is 0 Å². The van der Waals surface area contributed by atoms with Crippen LogP contribution in [0.4, 0.5) is 0 Å². The normalized spacial score (nSPS) is 10.3. The van der Waals surface area contributed by atoms with E-state index in [1.54, 1.807) is 14.0 Å². The summed E-state index contributed by atoms with van der Waals surface area (Å²) in [5, 5.41) is 2.22. The predicted molar refractivity (Wildman–Crippen MR) is 84.7 cm³/mol. The Balaban J connectivity index is 1.82. The number of hydrogen-bond acceptors (Lipinski definition) is 3. The van der Waals surface area contributed by atoms with Crippen LogP contribution < -0.4 is 10.1 Å². The van der Waals surface area contributed by atoms with Crippen LogP contribution in [0.15, 0.2) is 48.5 Å². The summed E-state index contributed by atoms with van der Waals surface area (Å²) < 4.78 is 10.1. The SMILES string of the molecule is CCOC(=O)c1ccc(C[NH2+]Cc2ccc(OC)cc2)cc1. The minimum atomic E-state index is -0.267. The zero-order chi connectivity index (χ0) is 15.8. The molecule has 4 nitrogen and oxygen atoms in total. The number of hydrogen-bond donors (Lipinski definition) is 1. The summed E-state index contributed by atoms with van der Waals surface area (Å²) in [6, 6.07) is 15.6. The van der Waals surface area contributed by atoms with Crippen LogP contribution in [0.1, 0.15) is 28.4 Å². The van der Waals surface area contributed by atoms with E-state index in [0.717, 1.165) is 18.8 Å². The lowest BCUT2D eigenvalue weighted by atomic mass is 10.1. The average Bonchev–Trinajstić information content (AvgIpc) is 2.56. The zero-order valence-corrected chi connectivity index (χ0v) is 13.0. The molecule has 2 N–H and O–H groups in total. The molecule has 4 heteroatoms. The van der Waals surface area contributed by atoms with E-state index in [1.165, 1.54) is 11.1 Å². The summed E-state index contributed by atoms with van der Waals surface area (Å²) in [6.45, 7) is 3.98. The van der Waals surface area contributed by atoms with Gasteiger partial charge >= 0.3 is 5.97 Å². The molecule has 0 spiro atoms. The first-order chi connectivity index (χ1) is 10.7. The molecule has 0 heterocycles. The Kier molecular flexibility index (Phi) is 5.98. The van der Waals surface area contributed by atoms with E-state index in [1.807, 2.05) is 36.4 Å². The van der Waals surface area contributed by atoms with Crippen molar-refractivity contribution in [3.05, 3.63) is 65.2 Å². The standard InChI is InChI=1S/C18H21NO3/c1-3-22-18(20)16-8-4-14(5-9-16)12-19-13-15-6-10-17(21-2)11-7-15/h4-11,19H,3,12-13H2,1-2H3/p+1. The largest absolute Gasteiger partial charge is 0.497 e. The fourth-order valence-electron chi connectivity index (χ4n) is 2.16. The van der Waals surface area contributed by atoms with Crippen molar-refractivity contribution < 1.29 is 19.6 Å². The summed E-state index contributed by atoms with van der Waals surface area (Å²) in [7, 11) is 1.67. The van der Waals surface area contributed by atoms with Gasteiger partial charge in [0, 0.05) is 11.1 Å². The second-order valence-electron chi connectivity index (χ2n) is 4.96. The van der Waals surface area contributed by atoms with Crippen LogP contribution in [-0.4, -0.2) is 19.7 Å². The van der Waals surface area contributed by atoms with Crippen molar-refractivity contribution in [3.8, 4) is 5.75 Å². The molecule has 0 aliphatic rings. The summed E-state index contributed by atoms with van der Waals surface area (Å²) in [5.74, 6) is 0.606. The van der Waals surface area contributed by atoms with Crippen molar-refractivity contribution >= 4 is 5.97 Å². The van der Waals surface area contributed by atoms with Gasteiger partial charge in [0.05, 0.1) is 19.3 Å². The zero-order valence-electron chi connectivity index (χ0n) is 13.0. The number of nitrogens with two attached hydrogens (primary N) is 1. The van der Waals surface area contributed by atoms with Crippen LogP contribution in [0.5, 0.6) is 5.75 Å². The van der Waals surface area contributed by atoms with Crippen molar-refractivity contribution in [3.63, 3.8) is 0 Å². The maximum atomic E-state index is 11.6. The molecule has 116 valence electrons. The fourth-order valence-corrected chi connectivity index (χ4v) is 2.16. The van der Waals surface area contributed by atoms with Gasteiger partial charge in [-0.3, -0.25) is 0 Å². The number of carbonyl (C=O) groups is 1. The molecule has 0 atom stereocenters. The van der Waals surface area contributed by atoms with Gasteiger partial charge in [-0.25, -0.2) is 4.79 Å². The number of ether oxygens (including phenoxy) is 2. The first-order valence-corrected chi connectivity index (χ1v) is 7.43. The molecule has 0 saturated carbocycles. The van der Waals surface area contributed by atoms with Crippen molar-refractivity contribution in [2.24, 2.45) is 0 Å². The van der Waals surface area contributed by atoms with E-state index >= 15 is 0 Å². The van der Waals surface area contributed by atoms with E-state index in [0.29, 0.717) is 12.2 Å². The molecule has 0 aromatic heterocycles. The van der Waals surface area contributed by atoms with Gasteiger partial charge in [-0.15, -0.1) is 0 Å². The van der Waals surface area contributed by atoms with Crippen molar-refractivity contribution in [1.29, 1.82) is 0 Å². The molecule has 2 aromatic carbocycles. The average molecular weight is 300 g/mol. The maximum Gasteiger partial charge on any atom is 0.338 e. The molecular weight excluding hydrogens is 278 g/mol. The Hall–Kier alpha value is -2.33. The van der Waals surface area contributed by atoms with Gasteiger partial charge < -0.3 is 14.8 Å². The van der Waals surface area contributed by atoms with Crippen LogP contribution in [-0.2, 0) is 17.8 Å². The quantitative estimate of drug-likeness (QED) is 0.797. The number of rotatable bonds is 7. The third-order valence-electron chi connectivity index (χ3n) is 3.38. The van der Waals surface area contributed by atoms with Crippen LogP contribution in [0.2, 0.25) is 0 Å². The molecule has 0 fully saturated rings. The molecule has 0 saturated heterocycles. The first kappa shape index (κ1) is 16.0. The maximum absolute atomic E-state index is 11.6. The number of benzene rings is 2. The molecule has 2 rings (SSSR count). The Morgan fingerprint density at radius 2 is 1.50 bits per heavy atom. The molecular formula is C18H22NO3+. The second kappa shape index (κ2) is 8.20. The minimum absolute atomic E-state index is 0.267. The topological polar surface area (TPSA) is 52.1 Å². The lowest BCUT2D eigenvalue weighted by Crippen LogP contribution is -2.80. The second-order valence-corrected chi connectivity index (χ2v) is 4.96. The van der Waals surface area contributed by atoms with Gasteiger partial charge in [0.1, 0.15) is 18.8 Å². The number of carbonyl (C=O) groups excluding carboxylic acids is 1. The summed E-state index contributed by atoms with van der Waals surface area (Å²) in [5.41, 5.74) is 3.03. The lowest BCUT2D eigenvalue weighted by Gasteiger charge is -2.05. The monoisotopic (exact) mass is 300 g/mol. The predicted octanol–water partition coefficient (Wildman–Crippen LogP) is 2.14. The number of methoxy groups -OCH3 is 1. The van der Waals surface area contributed by atoms with Gasteiger partial charge in [-0.1, -0.05) is 12.1 Å². The smallest absolute Gasteiger partial charge is 0.338 e. The van der Waals surface area contributed by atoms with Crippen LogP contribution in [0.25, 0.3) is 0 Å². The van der Waals surface area contributed by atoms with Crippen LogP contribution in [0.3, 0.4) is 0 Å². The number of esters is 1. The molecule has 0 unspecified atom stereocenters. The van der Waals surface area contributed by atoms with Crippen LogP contribution in [0, 0.1) is 0 Å². The van der Waals surface area contributed by atoms with Gasteiger partial charge in [-0.2, -0.15) is 0 Å². The van der Waals surface area contributed by atoms with Gasteiger partial charge in [-0.05, 0) is 43.3 Å². The Bertz CT molecular complexity index is 591. The van der Waals surface area contributed by atoms with E-state index in [2.05, 4.69) is 17.4 Å². The van der Waals surface area contributed by atoms with E-state index in [9.17, 15) is 4.79 Å². The molecule has 2 aromatic rings. The van der Waals surface area contributed by atoms with Crippen molar-refractivity contribution in [2.75, 3.05) is 13.7 Å². The highest BCUT2D eigenvalue weighted by atomic mass is 16.5. The van der Waals surface area contributed by atoms with Crippen molar-refractivity contribution in [2.45, 2.75) is 20.0 Å². The van der Waals surface area contributed by atoms with Gasteiger partial charge in [0.2, 0.25) is 0 Å². The van der Waals surface area contributed by atoms with E-state index < -0.39 is 0 Å². The third-order valence-corrected chi connectivity index (χ3v) is 3.38. The summed E-state index contributed by atoms with van der Waals surface area (Å²) in [4.78, 5) is 11.6. The first-order valence-electron chi connectivity index (χ1n) is 7.43. The van der Waals surface area contributed by atoms with E-state index in [4.69, 9.17) is 9.47 Å². The van der Waals surface area contributed by atoms with Crippen LogP contribution >= 0.6 is 0 Å². The Morgan fingerprint density at radius 1 is 0.955 bits per heavy atom. The molecule has 22 heavy (non-hydrogen) atoms. The Labute approximate surface area is 131 Å². The fraction of sp³-hybridized carbons (Fsp3) is 0.278. The summed E-state index contributed by atoms with van der Waals surface area (Å²) >= 11 is 0. The highest BCUT2D eigenvalue weighted by Crippen LogP contribution is 2.10. The van der Waals surface area contributed by atoms with E-state index in [-0.39, 0.29) is 5.97 Å². The molecule has 0 amide bonds. The minimum Gasteiger partial charge on any atom is -0.497 e. The van der Waals surface area contributed by atoms with Crippen molar-refractivity contribution in [1.82, 2.24) is 0 Å². The summed E-state index contributed by atoms with van der Waals surface area (Å²) in [6.07, 6.45) is 0. The molecule has 0 radical (unpaired) electrons. The highest BCUT2D eigenvalue weighted by molar-refractivity contribution is 5.89.